The molecular formula is C19H17N3O3. The van der Waals surface area contributed by atoms with E-state index in [0.717, 1.165) is 19.4 Å². The minimum absolute atomic E-state index is 0.238. The molecule has 2 aliphatic heterocycles. The van der Waals surface area contributed by atoms with Crippen LogP contribution in [0.2, 0.25) is 0 Å². The number of anilines is 1. The standard InChI is InChI=1S/C19H17N3O3/c23-18(13-2-1-10-20-12-13)21-14-3-6-16(7-4-14)25-19(24)17-8-5-15-9-11-22(15)17/h1-4,6-8,10,12,15H,5,9,11H2,(H,21,23). The molecule has 2 aliphatic rings. The Kier molecular flexibility index (Phi) is 3.93. The Morgan fingerprint density at radius 3 is 2.68 bits per heavy atom. The van der Waals surface area contributed by atoms with Crippen LogP contribution >= 0.6 is 0 Å². The fraction of sp³-hybridized carbons (Fsp3) is 0.211. The number of ether oxygens (including phenoxy) is 1. The molecule has 2 aromatic rings. The summed E-state index contributed by atoms with van der Waals surface area (Å²) in [5.74, 6) is -0.110. The van der Waals surface area contributed by atoms with Crippen LogP contribution in [0.1, 0.15) is 23.2 Å². The maximum absolute atomic E-state index is 12.2. The smallest absolute Gasteiger partial charge is 0.359 e. The van der Waals surface area contributed by atoms with Crippen LogP contribution in [0.25, 0.3) is 0 Å². The van der Waals surface area contributed by atoms with Crippen LogP contribution in [-0.4, -0.2) is 34.3 Å². The molecule has 0 saturated carbocycles. The Hall–Kier alpha value is -3.15. The molecule has 0 spiro atoms. The number of esters is 1. The van der Waals surface area contributed by atoms with E-state index in [1.165, 1.54) is 6.20 Å². The Labute approximate surface area is 145 Å². The van der Waals surface area contributed by atoms with E-state index in [1.807, 2.05) is 6.08 Å². The van der Waals surface area contributed by atoms with Crippen molar-refractivity contribution in [3.05, 3.63) is 66.1 Å². The van der Waals surface area contributed by atoms with Crippen molar-refractivity contribution in [3.8, 4) is 5.75 Å². The van der Waals surface area contributed by atoms with E-state index in [1.54, 1.807) is 42.6 Å². The van der Waals surface area contributed by atoms with Crippen molar-refractivity contribution in [2.45, 2.75) is 18.9 Å². The third-order valence-electron chi connectivity index (χ3n) is 4.49. The van der Waals surface area contributed by atoms with Gasteiger partial charge in [-0.25, -0.2) is 4.79 Å². The number of carbonyl (C=O) groups is 2. The molecule has 1 saturated heterocycles. The van der Waals surface area contributed by atoms with Crippen LogP contribution in [0, 0.1) is 0 Å². The highest BCUT2D eigenvalue weighted by Gasteiger charge is 2.37. The number of carbonyl (C=O) groups excluding carboxylic acids is 2. The Morgan fingerprint density at radius 1 is 1.20 bits per heavy atom. The van der Waals surface area contributed by atoms with Crippen LogP contribution in [0.5, 0.6) is 5.75 Å². The molecular weight excluding hydrogens is 318 g/mol. The molecule has 1 unspecified atom stereocenters. The van der Waals surface area contributed by atoms with E-state index < -0.39 is 0 Å². The zero-order valence-electron chi connectivity index (χ0n) is 13.5. The van der Waals surface area contributed by atoms with Crippen LogP contribution in [0.15, 0.2) is 60.6 Å². The number of pyridine rings is 1. The number of aromatic nitrogens is 1. The molecule has 1 amide bonds. The van der Waals surface area contributed by atoms with Gasteiger partial charge in [0.05, 0.1) is 5.56 Å². The topological polar surface area (TPSA) is 71.5 Å². The summed E-state index contributed by atoms with van der Waals surface area (Å²) >= 11 is 0. The molecule has 6 heteroatoms. The zero-order valence-corrected chi connectivity index (χ0v) is 13.5. The summed E-state index contributed by atoms with van der Waals surface area (Å²) in [4.78, 5) is 30.3. The fourth-order valence-electron chi connectivity index (χ4n) is 3.03. The van der Waals surface area contributed by atoms with Gasteiger partial charge in [-0.2, -0.15) is 0 Å². The third kappa shape index (κ3) is 3.10. The average molecular weight is 335 g/mol. The number of fused-ring (bicyclic) bond motifs is 1. The first-order chi connectivity index (χ1) is 12.2. The van der Waals surface area contributed by atoms with Crippen molar-refractivity contribution >= 4 is 17.6 Å². The fourth-order valence-corrected chi connectivity index (χ4v) is 3.03. The Bertz CT molecular complexity index is 831. The highest BCUT2D eigenvalue weighted by atomic mass is 16.5. The number of hydrogen-bond donors (Lipinski definition) is 1. The summed E-state index contributed by atoms with van der Waals surface area (Å²) in [5, 5.41) is 2.78. The molecule has 6 nitrogen and oxygen atoms in total. The highest BCUT2D eigenvalue weighted by molar-refractivity contribution is 6.04. The number of amides is 1. The van der Waals surface area contributed by atoms with E-state index in [0.29, 0.717) is 28.7 Å². The van der Waals surface area contributed by atoms with E-state index >= 15 is 0 Å². The van der Waals surface area contributed by atoms with Crippen molar-refractivity contribution in [2.75, 3.05) is 11.9 Å². The van der Waals surface area contributed by atoms with Crippen LogP contribution in [0.3, 0.4) is 0 Å². The van der Waals surface area contributed by atoms with Gasteiger partial charge in [0.25, 0.3) is 5.91 Å². The highest BCUT2D eigenvalue weighted by Crippen LogP contribution is 2.33. The average Bonchev–Trinajstić information content (AvgIpc) is 2.91. The Balaban J connectivity index is 1.37. The Morgan fingerprint density at radius 2 is 2.04 bits per heavy atom. The summed E-state index contributed by atoms with van der Waals surface area (Å²) in [6, 6.07) is 10.6. The molecule has 1 fully saturated rings. The molecule has 0 bridgehead atoms. The molecule has 4 rings (SSSR count). The van der Waals surface area contributed by atoms with Crippen molar-refractivity contribution in [1.29, 1.82) is 0 Å². The van der Waals surface area contributed by atoms with Crippen molar-refractivity contribution in [2.24, 2.45) is 0 Å². The van der Waals surface area contributed by atoms with Gasteiger partial charge in [-0.05, 0) is 49.2 Å². The van der Waals surface area contributed by atoms with Crippen molar-refractivity contribution < 1.29 is 14.3 Å². The SMILES string of the molecule is O=C(Oc1ccc(NC(=O)c2cccnc2)cc1)C1=CCC2CCN12. The first-order valence-electron chi connectivity index (χ1n) is 8.21. The summed E-state index contributed by atoms with van der Waals surface area (Å²) in [5.41, 5.74) is 1.76. The summed E-state index contributed by atoms with van der Waals surface area (Å²) < 4.78 is 5.42. The second-order valence-electron chi connectivity index (χ2n) is 6.07. The minimum Gasteiger partial charge on any atom is -0.422 e. The third-order valence-corrected chi connectivity index (χ3v) is 4.49. The lowest BCUT2D eigenvalue weighted by atomic mass is 10.0. The molecule has 0 radical (unpaired) electrons. The lowest BCUT2D eigenvalue weighted by molar-refractivity contribution is -0.132. The predicted octanol–water partition coefficient (Wildman–Crippen LogP) is 2.60. The lowest BCUT2D eigenvalue weighted by Gasteiger charge is -2.38. The second-order valence-corrected chi connectivity index (χ2v) is 6.07. The first-order valence-corrected chi connectivity index (χ1v) is 8.21. The number of nitrogens with one attached hydrogen (secondary N) is 1. The monoisotopic (exact) mass is 335 g/mol. The first kappa shape index (κ1) is 15.4. The molecule has 1 N–H and O–H groups in total. The van der Waals surface area contributed by atoms with Gasteiger partial charge >= 0.3 is 5.97 Å². The minimum atomic E-state index is -0.325. The van der Waals surface area contributed by atoms with Crippen molar-refractivity contribution in [1.82, 2.24) is 9.88 Å². The molecule has 3 heterocycles. The predicted molar refractivity (Wildman–Crippen MR) is 92.1 cm³/mol. The lowest BCUT2D eigenvalue weighted by Crippen LogP contribution is -2.45. The molecule has 0 aliphatic carbocycles. The quantitative estimate of drug-likeness (QED) is 0.687. The largest absolute Gasteiger partial charge is 0.422 e. The van der Waals surface area contributed by atoms with Gasteiger partial charge in [0.15, 0.2) is 0 Å². The van der Waals surface area contributed by atoms with Gasteiger partial charge in [0.2, 0.25) is 0 Å². The maximum Gasteiger partial charge on any atom is 0.359 e. The number of hydrogen-bond acceptors (Lipinski definition) is 5. The molecule has 126 valence electrons. The van der Waals surface area contributed by atoms with E-state index in [9.17, 15) is 9.59 Å². The van der Waals surface area contributed by atoms with E-state index in [2.05, 4.69) is 15.2 Å². The second kappa shape index (κ2) is 6.39. The summed E-state index contributed by atoms with van der Waals surface area (Å²) in [7, 11) is 0. The number of rotatable bonds is 4. The molecule has 25 heavy (non-hydrogen) atoms. The van der Waals surface area contributed by atoms with Crippen LogP contribution in [0.4, 0.5) is 5.69 Å². The van der Waals surface area contributed by atoms with E-state index in [-0.39, 0.29) is 11.9 Å². The van der Waals surface area contributed by atoms with Gasteiger partial charge in [-0.3, -0.25) is 9.78 Å². The van der Waals surface area contributed by atoms with Crippen LogP contribution < -0.4 is 10.1 Å². The number of benzene rings is 1. The van der Waals surface area contributed by atoms with Crippen molar-refractivity contribution in [3.63, 3.8) is 0 Å². The zero-order chi connectivity index (χ0) is 17.2. The normalized spacial score (nSPS) is 18.0. The van der Waals surface area contributed by atoms with Crippen LogP contribution in [-0.2, 0) is 4.79 Å². The molecule has 1 atom stereocenters. The van der Waals surface area contributed by atoms with Gasteiger partial charge in [-0.1, -0.05) is 6.08 Å². The number of nitrogens with zero attached hydrogens (tertiary/aromatic N) is 2. The van der Waals surface area contributed by atoms with E-state index in [4.69, 9.17) is 4.74 Å². The van der Waals surface area contributed by atoms with Gasteiger partial charge in [0.1, 0.15) is 11.4 Å². The summed E-state index contributed by atoms with van der Waals surface area (Å²) in [6.45, 7) is 0.922. The molecule has 1 aromatic heterocycles. The molecule has 1 aromatic carbocycles. The summed E-state index contributed by atoms with van der Waals surface area (Å²) in [6.07, 6.45) is 7.12. The van der Waals surface area contributed by atoms with Gasteiger partial charge in [0, 0.05) is 30.7 Å². The van der Waals surface area contributed by atoms with Gasteiger partial charge < -0.3 is 15.0 Å². The maximum atomic E-state index is 12.2. The van der Waals surface area contributed by atoms with Gasteiger partial charge in [-0.15, -0.1) is 0 Å².